The number of piperidine rings is 1. The number of anilines is 1. The average molecular weight is 440 g/mol. The molecule has 0 unspecified atom stereocenters. The molecule has 0 saturated carbocycles. The maximum absolute atomic E-state index is 12.9. The third-order valence-electron chi connectivity index (χ3n) is 4.50. The van der Waals surface area contributed by atoms with Gasteiger partial charge < -0.3 is 22.4 Å². The second-order valence-electron chi connectivity index (χ2n) is 6.11. The van der Waals surface area contributed by atoms with Crippen LogP contribution < -0.4 is 62.0 Å². The Morgan fingerprint density at radius 1 is 1.14 bits per heavy atom. The predicted octanol–water partition coefficient (Wildman–Crippen LogP) is -1.54. The molecule has 2 N–H and O–H groups in total. The summed E-state index contributed by atoms with van der Waals surface area (Å²) in [4.78, 5) is 50.0. The number of carbonyl (C=O) groups is 4. The molecule has 0 spiro atoms. The van der Waals surface area contributed by atoms with Gasteiger partial charge in [-0.3, -0.25) is 29.4 Å². The van der Waals surface area contributed by atoms with E-state index in [9.17, 15) is 19.2 Å². The number of hydrogen-bond acceptors (Lipinski definition) is 7. The first-order valence-corrected chi connectivity index (χ1v) is 9.39. The number of imide groups is 2. The van der Waals surface area contributed by atoms with Crippen molar-refractivity contribution in [1.82, 2.24) is 10.2 Å². The Bertz CT molecular complexity index is 932. The summed E-state index contributed by atoms with van der Waals surface area (Å²) in [6, 6.07) is 7.49. The fourth-order valence-electron chi connectivity index (χ4n) is 3.26. The Hall–Kier alpha value is -1.43. The molecule has 2 aliphatic rings. The number of fused-ring (bicyclic) bond motifs is 1. The topological polar surface area (TPSA) is 109 Å². The SMILES string of the molecule is C[S-].O=C1CC[C@H](N2C(=O)c3cccc(NCc4ccco4)c3C2=O)C(=O)N1.[K+]. The molecule has 4 amide bonds. The van der Waals surface area contributed by atoms with Gasteiger partial charge >= 0.3 is 51.4 Å². The quantitative estimate of drug-likeness (QED) is 0.338. The standard InChI is InChI=1S/C18H15N3O5.CH4S.K/c22-14-7-6-13(16(23)20-14)21-17(24)11-4-1-5-12(15(11)18(21)25)19-9-10-3-2-8-26-10;1-2;/h1-5,8,13,19H,6-7,9H2,(H,20,22,23);2H,1H3;/q;;+1/p-1/t13-;;/m0../s1. The Morgan fingerprint density at radius 3 is 2.55 bits per heavy atom. The zero-order valence-electron chi connectivity index (χ0n) is 16.1. The van der Waals surface area contributed by atoms with E-state index in [2.05, 4.69) is 23.3 Å². The van der Waals surface area contributed by atoms with Gasteiger partial charge in [0.05, 0.1) is 23.9 Å². The number of furan rings is 1. The van der Waals surface area contributed by atoms with Crippen LogP contribution in [0, 0.1) is 0 Å². The summed E-state index contributed by atoms with van der Waals surface area (Å²) >= 11 is 4.08. The van der Waals surface area contributed by atoms with E-state index in [1.54, 1.807) is 42.9 Å². The number of hydrogen-bond donors (Lipinski definition) is 2. The van der Waals surface area contributed by atoms with Gasteiger partial charge in [-0.15, -0.1) is 0 Å². The van der Waals surface area contributed by atoms with Crippen molar-refractivity contribution < 1.29 is 75.0 Å². The molecule has 0 radical (unpaired) electrons. The summed E-state index contributed by atoms with van der Waals surface area (Å²) in [5, 5.41) is 5.27. The van der Waals surface area contributed by atoms with Crippen molar-refractivity contribution in [3.8, 4) is 0 Å². The molecule has 2 aromatic rings. The largest absolute Gasteiger partial charge is 1.00 e. The fraction of sp³-hybridized carbons (Fsp3) is 0.263. The summed E-state index contributed by atoms with van der Waals surface area (Å²) in [6.07, 6.45) is 3.35. The number of nitrogens with one attached hydrogen (secondary N) is 2. The molecule has 146 valence electrons. The Balaban J connectivity index is 0.000000970. The van der Waals surface area contributed by atoms with Gasteiger partial charge in [-0.05, 0) is 30.7 Å². The molecule has 1 aromatic heterocycles. The molecule has 1 aromatic carbocycles. The van der Waals surface area contributed by atoms with Crippen LogP contribution in [-0.4, -0.2) is 40.8 Å². The van der Waals surface area contributed by atoms with Crippen LogP contribution in [0.25, 0.3) is 0 Å². The van der Waals surface area contributed by atoms with Crippen molar-refractivity contribution in [2.45, 2.75) is 25.4 Å². The van der Waals surface area contributed by atoms with Gasteiger partial charge in [0.15, 0.2) is 0 Å². The summed E-state index contributed by atoms with van der Waals surface area (Å²) in [6.45, 7) is 0.351. The zero-order chi connectivity index (χ0) is 20.3. The van der Waals surface area contributed by atoms with Crippen LogP contribution in [0.1, 0.15) is 39.3 Å². The molecular formula is C19H18KN3O5S. The predicted molar refractivity (Wildman–Crippen MR) is 102 cm³/mol. The molecule has 0 aliphatic carbocycles. The molecule has 1 atom stereocenters. The third kappa shape index (κ3) is 4.84. The van der Waals surface area contributed by atoms with E-state index in [4.69, 9.17) is 4.42 Å². The Morgan fingerprint density at radius 2 is 1.90 bits per heavy atom. The molecule has 29 heavy (non-hydrogen) atoms. The average Bonchev–Trinajstić information content (AvgIpc) is 3.30. The van der Waals surface area contributed by atoms with Crippen LogP contribution in [0.4, 0.5) is 5.69 Å². The van der Waals surface area contributed by atoms with Crippen molar-refractivity contribution in [2.75, 3.05) is 11.6 Å². The summed E-state index contributed by atoms with van der Waals surface area (Å²) in [7, 11) is 0. The third-order valence-corrected chi connectivity index (χ3v) is 4.50. The maximum Gasteiger partial charge on any atom is 1.00 e. The van der Waals surface area contributed by atoms with Crippen molar-refractivity contribution in [3.05, 3.63) is 53.5 Å². The van der Waals surface area contributed by atoms with Gasteiger partial charge in [-0.2, -0.15) is 6.26 Å². The zero-order valence-corrected chi connectivity index (χ0v) is 20.0. The molecule has 3 heterocycles. The van der Waals surface area contributed by atoms with Crippen LogP contribution in [-0.2, 0) is 28.8 Å². The first kappa shape index (κ1) is 23.8. The Labute approximate surface area is 215 Å². The van der Waals surface area contributed by atoms with Crippen LogP contribution in [0.5, 0.6) is 0 Å². The minimum absolute atomic E-state index is 0. The first-order chi connectivity index (χ1) is 13.6. The van der Waals surface area contributed by atoms with Crippen LogP contribution in [0.3, 0.4) is 0 Å². The maximum atomic E-state index is 12.9. The van der Waals surface area contributed by atoms with E-state index in [-0.39, 0.29) is 75.4 Å². The molecule has 2 aliphatic heterocycles. The minimum atomic E-state index is -0.974. The van der Waals surface area contributed by atoms with Gasteiger partial charge in [0.25, 0.3) is 11.8 Å². The summed E-state index contributed by atoms with van der Waals surface area (Å²) in [5.74, 6) is -1.41. The van der Waals surface area contributed by atoms with E-state index in [0.717, 1.165) is 4.90 Å². The van der Waals surface area contributed by atoms with Gasteiger partial charge in [-0.1, -0.05) is 6.07 Å². The molecular weight excluding hydrogens is 421 g/mol. The summed E-state index contributed by atoms with van der Waals surface area (Å²) in [5.41, 5.74) is 0.963. The van der Waals surface area contributed by atoms with Crippen molar-refractivity contribution in [2.24, 2.45) is 0 Å². The van der Waals surface area contributed by atoms with E-state index >= 15 is 0 Å². The smallest absolute Gasteiger partial charge is 0.796 e. The molecule has 1 saturated heterocycles. The Kier molecular flexibility index (Phi) is 8.68. The van der Waals surface area contributed by atoms with Gasteiger partial charge in [0.2, 0.25) is 11.8 Å². The van der Waals surface area contributed by atoms with Gasteiger partial charge in [-0.25, -0.2) is 0 Å². The normalized spacial score (nSPS) is 17.7. The van der Waals surface area contributed by atoms with Crippen LogP contribution in [0.2, 0.25) is 0 Å². The van der Waals surface area contributed by atoms with E-state index in [1.165, 1.54) is 0 Å². The fourth-order valence-corrected chi connectivity index (χ4v) is 3.26. The monoisotopic (exact) mass is 439 g/mol. The molecule has 4 rings (SSSR count). The van der Waals surface area contributed by atoms with Crippen LogP contribution >= 0.6 is 0 Å². The molecule has 8 nitrogen and oxygen atoms in total. The second kappa shape index (κ2) is 10.6. The van der Waals surface area contributed by atoms with Crippen molar-refractivity contribution in [1.29, 1.82) is 0 Å². The van der Waals surface area contributed by atoms with E-state index < -0.39 is 29.7 Å². The number of carbonyl (C=O) groups excluding carboxylic acids is 4. The minimum Gasteiger partial charge on any atom is -0.796 e. The first-order valence-electron chi connectivity index (χ1n) is 8.58. The molecule has 10 heteroatoms. The van der Waals surface area contributed by atoms with Gasteiger partial charge in [0.1, 0.15) is 11.8 Å². The van der Waals surface area contributed by atoms with Crippen LogP contribution in [0.15, 0.2) is 41.0 Å². The molecule has 1 fully saturated rings. The van der Waals surface area contributed by atoms with Gasteiger partial charge in [0, 0.05) is 12.1 Å². The second-order valence-corrected chi connectivity index (χ2v) is 6.11. The van der Waals surface area contributed by atoms with Crippen molar-refractivity contribution >= 4 is 41.9 Å². The number of nitrogens with zero attached hydrogens (tertiary/aromatic N) is 1. The molecule has 0 bridgehead atoms. The number of rotatable bonds is 4. The van der Waals surface area contributed by atoms with E-state index in [0.29, 0.717) is 18.0 Å². The van der Waals surface area contributed by atoms with Crippen molar-refractivity contribution in [3.63, 3.8) is 0 Å². The number of benzene rings is 1. The summed E-state index contributed by atoms with van der Waals surface area (Å²) < 4.78 is 5.25. The number of amides is 4. The van der Waals surface area contributed by atoms with E-state index in [1.807, 2.05) is 0 Å².